The van der Waals surface area contributed by atoms with Crippen molar-refractivity contribution in [2.45, 2.75) is 46.4 Å². The number of carbonyl (C=O) groups excluding carboxylic acids is 1. The fourth-order valence-corrected chi connectivity index (χ4v) is 5.54. The number of amides is 1. The van der Waals surface area contributed by atoms with Gasteiger partial charge in [0.2, 0.25) is 0 Å². The highest BCUT2D eigenvalue weighted by molar-refractivity contribution is 7.21. The first-order chi connectivity index (χ1) is 14.4. The highest BCUT2D eigenvalue weighted by Gasteiger charge is 2.30. The van der Waals surface area contributed by atoms with Gasteiger partial charge in [0.05, 0.1) is 23.3 Å². The zero-order chi connectivity index (χ0) is 21.4. The molecule has 0 spiro atoms. The predicted octanol–water partition coefficient (Wildman–Crippen LogP) is 4.23. The Morgan fingerprint density at radius 1 is 1.33 bits per heavy atom. The van der Waals surface area contributed by atoms with Crippen molar-refractivity contribution in [3.05, 3.63) is 51.7 Å². The van der Waals surface area contributed by atoms with E-state index in [0.29, 0.717) is 12.6 Å². The Hall–Kier alpha value is -2.22. The molecule has 0 unspecified atom stereocenters. The highest BCUT2D eigenvalue weighted by Crippen LogP contribution is 2.38. The van der Waals surface area contributed by atoms with Crippen molar-refractivity contribution in [1.29, 1.82) is 0 Å². The Labute approximate surface area is 181 Å². The Morgan fingerprint density at radius 2 is 2.10 bits per heavy atom. The molecule has 1 atom stereocenters. The zero-order valence-electron chi connectivity index (χ0n) is 18.4. The average molecular weight is 427 g/mol. The fraction of sp³-hybridized carbons (Fsp3) is 0.478. The number of rotatable bonds is 5. The quantitative estimate of drug-likeness (QED) is 0.663. The van der Waals surface area contributed by atoms with Gasteiger partial charge >= 0.3 is 0 Å². The highest BCUT2D eigenvalue weighted by atomic mass is 32.1. The molecule has 1 aliphatic rings. The second kappa shape index (κ2) is 8.49. The summed E-state index contributed by atoms with van der Waals surface area (Å²) in [6, 6.07) is 8.56. The molecule has 1 amide bonds. The average Bonchev–Trinajstić information content (AvgIpc) is 3.26. The van der Waals surface area contributed by atoms with Crippen LogP contribution in [-0.4, -0.2) is 47.3 Å². The molecular weight excluding hydrogens is 396 g/mol. The van der Waals surface area contributed by atoms with Gasteiger partial charge in [0.15, 0.2) is 0 Å². The molecule has 1 fully saturated rings. The number of carbonyl (C=O) groups is 1. The third kappa shape index (κ3) is 3.77. The molecule has 0 aliphatic carbocycles. The smallest absolute Gasteiger partial charge is 0.261 e. The molecule has 2 aromatic heterocycles. The summed E-state index contributed by atoms with van der Waals surface area (Å²) in [6.07, 6.45) is -0.122. The lowest BCUT2D eigenvalue weighted by Crippen LogP contribution is -2.38. The minimum Gasteiger partial charge on any atom is -0.371 e. The number of thiophene rings is 1. The maximum Gasteiger partial charge on any atom is 0.261 e. The molecule has 30 heavy (non-hydrogen) atoms. The Balaban J connectivity index is 1.63. The number of ether oxygens (including phenoxy) is 1. The second-order valence-corrected chi connectivity index (χ2v) is 9.25. The van der Waals surface area contributed by atoms with Crippen molar-refractivity contribution < 1.29 is 9.53 Å². The third-order valence-corrected chi connectivity index (χ3v) is 7.07. The molecule has 4 rings (SSSR count). The number of aromatic nitrogens is 2. The van der Waals surface area contributed by atoms with E-state index in [1.165, 1.54) is 11.3 Å². The number of aryl methyl sites for hydroxylation is 1. The molecule has 7 heteroatoms. The predicted molar refractivity (Wildman–Crippen MR) is 121 cm³/mol. The van der Waals surface area contributed by atoms with Gasteiger partial charge in [0, 0.05) is 54.2 Å². The van der Waals surface area contributed by atoms with Crippen LogP contribution < -0.4 is 5.32 Å². The number of hydrogen-bond acceptors (Lipinski definition) is 5. The largest absolute Gasteiger partial charge is 0.371 e. The standard InChI is InChI=1S/C23H30N4O2S/c1-14(2)27-16(4)18(15(3)25-27)12-26-10-11-29-19(13-26)21-17-8-6-7-9-20(17)30-22(21)23(28)24-5/h6-9,14,19H,10-13H2,1-5H3,(H,24,28)/t19-/m1/s1. The molecule has 1 N–H and O–H groups in total. The van der Waals surface area contributed by atoms with Crippen LogP contribution in [-0.2, 0) is 11.3 Å². The molecule has 1 aromatic carbocycles. The van der Waals surface area contributed by atoms with Crippen LogP contribution in [0.4, 0.5) is 0 Å². The van der Waals surface area contributed by atoms with Crippen LogP contribution in [0, 0.1) is 13.8 Å². The number of nitrogens with one attached hydrogen (secondary N) is 1. The molecule has 160 valence electrons. The Bertz CT molecular complexity index is 1070. The number of nitrogens with zero attached hydrogens (tertiary/aromatic N) is 3. The van der Waals surface area contributed by atoms with Gasteiger partial charge in [-0.3, -0.25) is 14.4 Å². The first-order valence-electron chi connectivity index (χ1n) is 10.5. The molecule has 6 nitrogen and oxygen atoms in total. The molecular formula is C23H30N4O2S. The normalized spacial score (nSPS) is 17.7. The van der Waals surface area contributed by atoms with Gasteiger partial charge in [0.1, 0.15) is 0 Å². The lowest BCUT2D eigenvalue weighted by atomic mass is 10.0. The van der Waals surface area contributed by atoms with E-state index in [4.69, 9.17) is 9.84 Å². The van der Waals surface area contributed by atoms with E-state index in [1.807, 2.05) is 12.1 Å². The monoisotopic (exact) mass is 426 g/mol. The van der Waals surface area contributed by atoms with E-state index in [1.54, 1.807) is 18.4 Å². The molecule has 1 saturated heterocycles. The van der Waals surface area contributed by atoms with E-state index in [0.717, 1.165) is 45.9 Å². The minimum atomic E-state index is -0.122. The summed E-state index contributed by atoms with van der Waals surface area (Å²) in [6.45, 7) is 11.7. The van der Waals surface area contributed by atoms with Crippen molar-refractivity contribution in [3.8, 4) is 0 Å². The number of morpholine rings is 1. The van der Waals surface area contributed by atoms with E-state index in [9.17, 15) is 4.79 Å². The summed E-state index contributed by atoms with van der Waals surface area (Å²) in [7, 11) is 1.68. The number of benzene rings is 1. The summed E-state index contributed by atoms with van der Waals surface area (Å²) in [5.41, 5.74) is 4.64. The zero-order valence-corrected chi connectivity index (χ0v) is 19.2. The van der Waals surface area contributed by atoms with Gasteiger partial charge in [-0.15, -0.1) is 11.3 Å². The van der Waals surface area contributed by atoms with Crippen molar-refractivity contribution >= 4 is 27.3 Å². The maximum absolute atomic E-state index is 12.6. The van der Waals surface area contributed by atoms with E-state index in [-0.39, 0.29) is 12.0 Å². The van der Waals surface area contributed by atoms with E-state index in [2.05, 4.69) is 54.7 Å². The Morgan fingerprint density at radius 3 is 2.80 bits per heavy atom. The summed E-state index contributed by atoms with van der Waals surface area (Å²) in [5, 5.41) is 8.65. The molecule has 3 heterocycles. The van der Waals surface area contributed by atoms with Crippen LogP contribution in [0.25, 0.3) is 10.1 Å². The van der Waals surface area contributed by atoms with Crippen LogP contribution in [0.5, 0.6) is 0 Å². The van der Waals surface area contributed by atoms with Crippen molar-refractivity contribution in [2.24, 2.45) is 0 Å². The van der Waals surface area contributed by atoms with Gasteiger partial charge in [-0.25, -0.2) is 0 Å². The Kier molecular flexibility index (Phi) is 5.95. The van der Waals surface area contributed by atoms with Gasteiger partial charge < -0.3 is 10.1 Å². The first-order valence-corrected chi connectivity index (χ1v) is 11.3. The second-order valence-electron chi connectivity index (χ2n) is 8.20. The van der Waals surface area contributed by atoms with Crippen LogP contribution >= 0.6 is 11.3 Å². The van der Waals surface area contributed by atoms with Gasteiger partial charge in [-0.05, 0) is 39.1 Å². The third-order valence-electron chi connectivity index (χ3n) is 5.89. The molecule has 0 saturated carbocycles. The summed E-state index contributed by atoms with van der Waals surface area (Å²) < 4.78 is 9.43. The number of fused-ring (bicyclic) bond motifs is 1. The van der Waals surface area contributed by atoms with E-state index >= 15 is 0 Å². The maximum atomic E-state index is 12.6. The first kappa shape index (κ1) is 21.0. The van der Waals surface area contributed by atoms with E-state index < -0.39 is 0 Å². The fourth-order valence-electron chi connectivity index (χ4n) is 4.34. The lowest BCUT2D eigenvalue weighted by Gasteiger charge is -2.33. The van der Waals surface area contributed by atoms with Gasteiger partial charge in [0.25, 0.3) is 5.91 Å². The van der Waals surface area contributed by atoms with Crippen LogP contribution in [0.3, 0.4) is 0 Å². The van der Waals surface area contributed by atoms with Crippen LogP contribution in [0.15, 0.2) is 24.3 Å². The molecule has 3 aromatic rings. The van der Waals surface area contributed by atoms with Crippen molar-refractivity contribution in [3.63, 3.8) is 0 Å². The number of hydrogen-bond donors (Lipinski definition) is 1. The van der Waals surface area contributed by atoms with Crippen LogP contribution in [0.1, 0.15) is 58.2 Å². The summed E-state index contributed by atoms with van der Waals surface area (Å²) in [5.74, 6) is -0.0446. The van der Waals surface area contributed by atoms with Gasteiger partial charge in [-0.1, -0.05) is 18.2 Å². The SMILES string of the molecule is CNC(=O)c1sc2ccccc2c1[C@H]1CN(Cc2c(C)nn(C(C)C)c2C)CCO1. The topological polar surface area (TPSA) is 59.4 Å². The van der Waals surface area contributed by atoms with Crippen molar-refractivity contribution in [1.82, 2.24) is 20.0 Å². The summed E-state index contributed by atoms with van der Waals surface area (Å²) >= 11 is 1.54. The summed E-state index contributed by atoms with van der Waals surface area (Å²) in [4.78, 5) is 15.8. The van der Waals surface area contributed by atoms with Crippen LogP contribution in [0.2, 0.25) is 0 Å². The minimum absolute atomic E-state index is 0.0446. The molecule has 0 bridgehead atoms. The van der Waals surface area contributed by atoms with Crippen molar-refractivity contribution in [2.75, 3.05) is 26.7 Å². The van der Waals surface area contributed by atoms with Gasteiger partial charge in [-0.2, -0.15) is 5.10 Å². The molecule has 0 radical (unpaired) electrons. The molecule has 1 aliphatic heterocycles. The lowest BCUT2D eigenvalue weighted by molar-refractivity contribution is -0.0324.